The normalized spacial score (nSPS) is 24.9. The largest absolute Gasteiger partial charge is 0.416 e. The summed E-state index contributed by atoms with van der Waals surface area (Å²) in [5.74, 6) is -0.665. The number of hydrogen-bond donors (Lipinski definition) is 3. The third-order valence-electron chi connectivity index (χ3n) is 9.02. The van der Waals surface area contributed by atoms with E-state index >= 15 is 0 Å². The maximum absolute atomic E-state index is 14.0. The number of likely N-dealkylation sites (N-methyl/N-ethyl adjacent to an activating group) is 1. The first-order valence-corrected chi connectivity index (χ1v) is 14.8. The number of halogens is 6. The van der Waals surface area contributed by atoms with Gasteiger partial charge in [-0.2, -0.15) is 26.3 Å². The van der Waals surface area contributed by atoms with Crippen molar-refractivity contribution in [2.24, 2.45) is 9.98 Å². The van der Waals surface area contributed by atoms with Crippen LogP contribution >= 0.6 is 0 Å². The summed E-state index contributed by atoms with van der Waals surface area (Å²) in [4.78, 5) is 26.3. The lowest BCUT2D eigenvalue weighted by Crippen LogP contribution is -2.63. The predicted octanol–water partition coefficient (Wildman–Crippen LogP) is 5.75. The topological polar surface area (TPSA) is 84.4 Å². The number of fused-ring (bicyclic) bond motifs is 1. The monoisotopic (exact) mass is 649 g/mol. The van der Waals surface area contributed by atoms with Crippen LogP contribution in [-0.2, 0) is 11.0 Å². The Labute approximate surface area is 263 Å². The maximum atomic E-state index is 14.0. The van der Waals surface area contributed by atoms with Gasteiger partial charge in [0.2, 0.25) is 5.84 Å². The molecule has 1 aromatic rings. The van der Waals surface area contributed by atoms with Gasteiger partial charge in [-0.3, -0.25) is 9.69 Å². The molecule has 1 fully saturated rings. The number of aliphatic imine (C=N–C) groups is 2. The first-order valence-electron chi connectivity index (χ1n) is 14.8. The number of nitrogens with zero attached hydrogens (tertiary/aromatic N) is 4. The number of carbonyl (C=O) groups excluding carboxylic acids is 1. The van der Waals surface area contributed by atoms with Gasteiger partial charge in [-0.15, -0.1) is 0 Å². The van der Waals surface area contributed by atoms with Crippen LogP contribution in [0.5, 0.6) is 0 Å². The number of benzene rings is 1. The predicted molar refractivity (Wildman–Crippen MR) is 165 cm³/mol. The molecule has 248 valence electrons. The molecule has 0 radical (unpaired) electrons. The fraction of sp³-hybridized carbons (Fsp3) is 0.469. The van der Waals surface area contributed by atoms with Crippen molar-refractivity contribution < 1.29 is 31.1 Å². The fourth-order valence-electron chi connectivity index (χ4n) is 6.48. The molecule has 4 aliphatic heterocycles. The van der Waals surface area contributed by atoms with Gasteiger partial charge < -0.3 is 20.9 Å². The molecule has 4 aliphatic rings. The smallest absolute Gasteiger partial charge is 0.368 e. The molecule has 4 heterocycles. The molecule has 0 aliphatic carbocycles. The van der Waals surface area contributed by atoms with Crippen molar-refractivity contribution >= 4 is 23.3 Å². The number of amidine groups is 2. The molecule has 0 aromatic heterocycles. The summed E-state index contributed by atoms with van der Waals surface area (Å²) >= 11 is 0. The van der Waals surface area contributed by atoms with Gasteiger partial charge in [0, 0.05) is 41.1 Å². The van der Waals surface area contributed by atoms with E-state index in [2.05, 4.69) is 58.5 Å². The standard InChI is InChI=1S/C32H37F6N7O/c1-29(2)16-20(17-30(3,4)45(29)6)40-28(46)27-42-25(39-19-11-9-18(10-12-19)31(33,34)35)21-13-14-23(41-26(21)43-27)24-22(32(36,37)38)8-7-15-44(24)5/h7-15,20,24,26,41H,16-17H2,1-6H3,(H,40,46)(H,39,42,43). The van der Waals surface area contributed by atoms with Crippen LogP contribution in [0.2, 0.25) is 0 Å². The molecule has 0 bridgehead atoms. The highest BCUT2D eigenvalue weighted by molar-refractivity contribution is 6.41. The van der Waals surface area contributed by atoms with Crippen molar-refractivity contribution in [3.8, 4) is 0 Å². The van der Waals surface area contributed by atoms with Crippen LogP contribution in [0.25, 0.3) is 0 Å². The molecule has 2 atom stereocenters. The van der Waals surface area contributed by atoms with E-state index in [1.54, 1.807) is 6.08 Å². The van der Waals surface area contributed by atoms with Gasteiger partial charge in [0.1, 0.15) is 5.84 Å². The molecule has 1 aromatic carbocycles. The average Bonchev–Trinajstić information content (AvgIpc) is 2.94. The van der Waals surface area contributed by atoms with E-state index in [1.807, 2.05) is 7.05 Å². The first-order chi connectivity index (χ1) is 21.3. The third kappa shape index (κ3) is 6.72. The van der Waals surface area contributed by atoms with Crippen molar-refractivity contribution in [1.29, 1.82) is 0 Å². The Kier molecular flexibility index (Phi) is 8.41. The number of nitrogens with one attached hydrogen (secondary N) is 3. The number of piperidine rings is 1. The number of rotatable bonds is 4. The van der Waals surface area contributed by atoms with E-state index in [-0.39, 0.29) is 40.2 Å². The number of amides is 1. The van der Waals surface area contributed by atoms with Crippen LogP contribution in [0.4, 0.5) is 32.0 Å². The van der Waals surface area contributed by atoms with Gasteiger partial charge in [-0.1, -0.05) is 6.08 Å². The number of hydrogen-bond acceptors (Lipinski definition) is 7. The van der Waals surface area contributed by atoms with Crippen LogP contribution in [0.15, 0.2) is 81.6 Å². The zero-order valence-corrected chi connectivity index (χ0v) is 26.3. The second kappa shape index (κ2) is 11.6. The number of anilines is 1. The highest BCUT2D eigenvalue weighted by Gasteiger charge is 2.45. The lowest BCUT2D eigenvalue weighted by molar-refractivity contribution is -0.137. The van der Waals surface area contributed by atoms with E-state index < -0.39 is 41.6 Å². The van der Waals surface area contributed by atoms with Crippen LogP contribution in [0, 0.1) is 0 Å². The Bertz CT molecular complexity index is 1550. The second-order valence-corrected chi connectivity index (χ2v) is 13.2. The van der Waals surface area contributed by atoms with Crippen LogP contribution in [0.1, 0.15) is 46.1 Å². The highest BCUT2D eigenvalue weighted by atomic mass is 19.4. The van der Waals surface area contributed by atoms with Crippen LogP contribution in [-0.4, -0.2) is 77.0 Å². The van der Waals surface area contributed by atoms with Crippen molar-refractivity contribution in [1.82, 2.24) is 20.4 Å². The quantitative estimate of drug-likeness (QED) is 0.362. The molecule has 0 saturated carbocycles. The Morgan fingerprint density at radius 3 is 2.15 bits per heavy atom. The second-order valence-electron chi connectivity index (χ2n) is 13.2. The minimum Gasteiger partial charge on any atom is -0.368 e. The van der Waals surface area contributed by atoms with Gasteiger partial charge in [-0.25, -0.2) is 9.98 Å². The van der Waals surface area contributed by atoms with E-state index in [1.165, 1.54) is 42.4 Å². The summed E-state index contributed by atoms with van der Waals surface area (Å²) in [5, 5.41) is 9.08. The molecular weight excluding hydrogens is 612 g/mol. The zero-order valence-electron chi connectivity index (χ0n) is 26.3. The molecule has 8 nitrogen and oxygen atoms in total. The van der Waals surface area contributed by atoms with Gasteiger partial charge in [0.25, 0.3) is 5.91 Å². The lowest BCUT2D eigenvalue weighted by Gasteiger charge is -2.53. The van der Waals surface area contributed by atoms with Gasteiger partial charge >= 0.3 is 12.4 Å². The number of dihydropyridines is 1. The van der Waals surface area contributed by atoms with E-state index in [0.717, 1.165) is 18.2 Å². The highest BCUT2D eigenvalue weighted by Crippen LogP contribution is 2.38. The third-order valence-corrected chi connectivity index (χ3v) is 9.02. The number of carbonyl (C=O) groups is 1. The SMILES string of the molecule is CN1C=CC=C(C(F)(F)F)C1C1=CC=C2C(Nc3ccc(C(F)(F)F)cc3)=NC(C(=O)NC3CC(C)(C)N(C)C(C)(C)C3)=NC2N1. The summed E-state index contributed by atoms with van der Waals surface area (Å²) in [6, 6.07) is 2.87. The Morgan fingerprint density at radius 2 is 1.57 bits per heavy atom. The zero-order chi connectivity index (χ0) is 33.8. The molecule has 0 spiro atoms. The average molecular weight is 650 g/mol. The molecule has 1 amide bonds. The molecule has 3 N–H and O–H groups in total. The van der Waals surface area contributed by atoms with Crippen molar-refractivity contribution in [3.05, 3.63) is 77.2 Å². The molecule has 1 saturated heterocycles. The minimum absolute atomic E-state index is 0.125. The van der Waals surface area contributed by atoms with Crippen LogP contribution in [0.3, 0.4) is 0 Å². The molecule has 2 unspecified atom stereocenters. The Balaban J connectivity index is 1.48. The van der Waals surface area contributed by atoms with Crippen molar-refractivity contribution in [2.45, 2.75) is 82.2 Å². The minimum atomic E-state index is -4.61. The van der Waals surface area contributed by atoms with Crippen LogP contribution < -0.4 is 16.0 Å². The van der Waals surface area contributed by atoms with E-state index in [4.69, 9.17) is 0 Å². The lowest BCUT2D eigenvalue weighted by atomic mass is 9.77. The number of likely N-dealkylation sites (tertiary alicyclic amines) is 1. The van der Waals surface area contributed by atoms with Gasteiger partial charge in [0.05, 0.1) is 17.2 Å². The maximum Gasteiger partial charge on any atom is 0.416 e. The molecule has 14 heteroatoms. The number of alkyl halides is 6. The molecular formula is C32H37F6N7O. The Hall–Kier alpha value is -4.07. The van der Waals surface area contributed by atoms with E-state index in [0.29, 0.717) is 18.4 Å². The van der Waals surface area contributed by atoms with Gasteiger partial charge in [0.15, 0.2) is 6.17 Å². The number of allylic oxidation sites excluding steroid dienone is 4. The van der Waals surface area contributed by atoms with Crippen molar-refractivity contribution in [2.75, 3.05) is 19.4 Å². The summed E-state index contributed by atoms with van der Waals surface area (Å²) in [5.41, 5.74) is -1.21. The summed E-state index contributed by atoms with van der Waals surface area (Å²) < 4.78 is 81.5. The molecule has 5 rings (SSSR count). The Morgan fingerprint density at radius 1 is 0.935 bits per heavy atom. The summed E-state index contributed by atoms with van der Waals surface area (Å²) in [7, 11) is 3.56. The van der Waals surface area contributed by atoms with Gasteiger partial charge in [-0.05, 0) is 96.3 Å². The summed E-state index contributed by atoms with van der Waals surface area (Å²) in [6.07, 6.45) is -1.95. The fourth-order valence-corrected chi connectivity index (χ4v) is 6.48. The van der Waals surface area contributed by atoms with Crippen molar-refractivity contribution in [3.63, 3.8) is 0 Å². The molecule has 46 heavy (non-hydrogen) atoms. The first kappa shape index (κ1) is 33.3. The summed E-state index contributed by atoms with van der Waals surface area (Å²) in [6.45, 7) is 8.36. The van der Waals surface area contributed by atoms with E-state index in [9.17, 15) is 31.1 Å².